The number of phenolic OH excluding ortho intramolecular Hbond substituents is 1. The van der Waals surface area contributed by atoms with Gasteiger partial charge in [-0.25, -0.2) is 4.79 Å². The molecule has 0 radical (unpaired) electrons. The quantitative estimate of drug-likeness (QED) is 0.873. The van der Waals surface area contributed by atoms with Crippen molar-refractivity contribution in [3.63, 3.8) is 0 Å². The van der Waals surface area contributed by atoms with E-state index in [-0.39, 0.29) is 17.7 Å². The molecule has 2 N–H and O–H groups in total. The molecule has 0 bridgehead atoms. The van der Waals surface area contributed by atoms with Crippen molar-refractivity contribution >= 4 is 11.9 Å². The molecule has 3 rings (SSSR count). The number of carbonyl (C=O) groups excluding carboxylic acids is 2. The molecule has 0 spiro atoms. The van der Waals surface area contributed by atoms with Gasteiger partial charge < -0.3 is 20.2 Å². The highest BCUT2D eigenvalue weighted by molar-refractivity contribution is 5.94. The molecule has 1 aliphatic heterocycles. The number of hydrogen-bond donors (Lipinski definition) is 2. The highest BCUT2D eigenvalue weighted by Gasteiger charge is 2.26. The molecule has 0 atom stereocenters. The third-order valence-corrected chi connectivity index (χ3v) is 4.63. The number of hydrogen-bond acceptors (Lipinski definition) is 3. The van der Waals surface area contributed by atoms with Crippen molar-refractivity contribution < 1.29 is 14.7 Å². The monoisotopic (exact) mass is 317 g/mol. The SMILES string of the molecule is O=C(NC1CCCC1)N1CCN(C(=O)c2cccc(O)c2)CC1. The Kier molecular flexibility index (Phi) is 4.69. The molecule has 3 amide bonds. The molecular weight excluding hydrogens is 294 g/mol. The van der Waals surface area contributed by atoms with Gasteiger partial charge in [0.1, 0.15) is 5.75 Å². The molecule has 1 aliphatic carbocycles. The van der Waals surface area contributed by atoms with Gasteiger partial charge in [-0.3, -0.25) is 4.79 Å². The van der Waals surface area contributed by atoms with Crippen LogP contribution in [0.25, 0.3) is 0 Å². The molecule has 124 valence electrons. The number of phenols is 1. The van der Waals surface area contributed by atoms with Gasteiger partial charge in [-0.2, -0.15) is 0 Å². The fourth-order valence-electron chi connectivity index (χ4n) is 3.27. The summed E-state index contributed by atoms with van der Waals surface area (Å²) < 4.78 is 0. The summed E-state index contributed by atoms with van der Waals surface area (Å²) in [7, 11) is 0. The molecule has 1 heterocycles. The van der Waals surface area contributed by atoms with E-state index in [1.807, 2.05) is 0 Å². The topological polar surface area (TPSA) is 72.9 Å². The number of benzene rings is 1. The van der Waals surface area contributed by atoms with Gasteiger partial charge in [-0.05, 0) is 31.0 Å². The number of urea groups is 1. The van der Waals surface area contributed by atoms with E-state index in [0.717, 1.165) is 12.8 Å². The average molecular weight is 317 g/mol. The lowest BCUT2D eigenvalue weighted by Gasteiger charge is -2.35. The van der Waals surface area contributed by atoms with Gasteiger partial charge in [0.15, 0.2) is 0 Å². The lowest BCUT2D eigenvalue weighted by atomic mass is 10.1. The lowest BCUT2D eigenvalue weighted by Crippen LogP contribution is -2.54. The van der Waals surface area contributed by atoms with Gasteiger partial charge in [0, 0.05) is 37.8 Å². The van der Waals surface area contributed by atoms with Crippen LogP contribution in [-0.2, 0) is 0 Å². The zero-order valence-corrected chi connectivity index (χ0v) is 13.2. The normalized spacial score (nSPS) is 19.0. The van der Waals surface area contributed by atoms with Gasteiger partial charge >= 0.3 is 6.03 Å². The second-order valence-corrected chi connectivity index (χ2v) is 6.26. The Morgan fingerprint density at radius 3 is 2.35 bits per heavy atom. The molecule has 1 aromatic carbocycles. The van der Waals surface area contributed by atoms with E-state index in [4.69, 9.17) is 0 Å². The van der Waals surface area contributed by atoms with Crippen molar-refractivity contribution in [1.29, 1.82) is 0 Å². The number of nitrogens with zero attached hydrogens (tertiary/aromatic N) is 2. The van der Waals surface area contributed by atoms with E-state index >= 15 is 0 Å². The van der Waals surface area contributed by atoms with Gasteiger partial charge in [0.2, 0.25) is 0 Å². The van der Waals surface area contributed by atoms with E-state index in [1.54, 1.807) is 28.0 Å². The molecule has 0 unspecified atom stereocenters. The van der Waals surface area contributed by atoms with Gasteiger partial charge in [-0.1, -0.05) is 18.9 Å². The zero-order chi connectivity index (χ0) is 16.2. The number of nitrogens with one attached hydrogen (secondary N) is 1. The van der Waals surface area contributed by atoms with Crippen LogP contribution in [-0.4, -0.2) is 59.1 Å². The van der Waals surface area contributed by atoms with E-state index in [2.05, 4.69) is 5.32 Å². The summed E-state index contributed by atoms with van der Waals surface area (Å²) in [6.07, 6.45) is 4.53. The Hall–Kier alpha value is -2.24. The van der Waals surface area contributed by atoms with Crippen molar-refractivity contribution in [2.24, 2.45) is 0 Å². The van der Waals surface area contributed by atoms with Crippen LogP contribution >= 0.6 is 0 Å². The van der Waals surface area contributed by atoms with Crippen LogP contribution in [0.4, 0.5) is 4.79 Å². The molecule has 2 aliphatic rings. The molecule has 1 aromatic rings. The summed E-state index contributed by atoms with van der Waals surface area (Å²) in [5.41, 5.74) is 0.480. The first-order valence-electron chi connectivity index (χ1n) is 8.27. The van der Waals surface area contributed by atoms with Crippen LogP contribution < -0.4 is 5.32 Å². The number of piperazine rings is 1. The predicted molar refractivity (Wildman–Crippen MR) is 86.4 cm³/mol. The van der Waals surface area contributed by atoms with Crippen LogP contribution in [0.5, 0.6) is 5.75 Å². The predicted octanol–water partition coefficient (Wildman–Crippen LogP) is 1.80. The first kappa shape index (κ1) is 15.6. The fraction of sp³-hybridized carbons (Fsp3) is 0.529. The Bertz CT molecular complexity index is 576. The minimum absolute atomic E-state index is 0.0126. The maximum Gasteiger partial charge on any atom is 0.317 e. The summed E-state index contributed by atoms with van der Waals surface area (Å²) in [5, 5.41) is 12.6. The Labute approximate surface area is 136 Å². The zero-order valence-electron chi connectivity index (χ0n) is 13.2. The number of carbonyl (C=O) groups is 2. The third-order valence-electron chi connectivity index (χ3n) is 4.63. The first-order valence-corrected chi connectivity index (χ1v) is 8.27. The van der Waals surface area contributed by atoms with Crippen LogP contribution in [0.15, 0.2) is 24.3 Å². The number of aromatic hydroxyl groups is 1. The van der Waals surface area contributed by atoms with Crippen LogP contribution in [0.1, 0.15) is 36.0 Å². The van der Waals surface area contributed by atoms with Gasteiger partial charge in [-0.15, -0.1) is 0 Å². The lowest BCUT2D eigenvalue weighted by molar-refractivity contribution is 0.0663. The van der Waals surface area contributed by atoms with Crippen molar-refractivity contribution in [1.82, 2.24) is 15.1 Å². The standard InChI is InChI=1S/C17H23N3O3/c21-15-7-3-4-13(12-15)16(22)19-8-10-20(11-9-19)17(23)18-14-5-1-2-6-14/h3-4,7,12,14,21H,1-2,5-6,8-11H2,(H,18,23). The van der Waals surface area contributed by atoms with Crippen LogP contribution in [0.2, 0.25) is 0 Å². The third kappa shape index (κ3) is 3.75. The van der Waals surface area contributed by atoms with Crippen LogP contribution in [0, 0.1) is 0 Å². The van der Waals surface area contributed by atoms with Crippen molar-refractivity contribution in [2.45, 2.75) is 31.7 Å². The minimum Gasteiger partial charge on any atom is -0.508 e. The molecule has 23 heavy (non-hydrogen) atoms. The molecule has 6 nitrogen and oxygen atoms in total. The minimum atomic E-state index is -0.100. The highest BCUT2D eigenvalue weighted by atomic mass is 16.3. The van der Waals surface area contributed by atoms with Crippen molar-refractivity contribution in [3.05, 3.63) is 29.8 Å². The summed E-state index contributed by atoms with van der Waals surface area (Å²) in [4.78, 5) is 28.1. The van der Waals surface area contributed by atoms with Crippen molar-refractivity contribution in [2.75, 3.05) is 26.2 Å². The summed E-state index contributed by atoms with van der Waals surface area (Å²) in [6.45, 7) is 2.13. The van der Waals surface area contributed by atoms with Crippen LogP contribution in [0.3, 0.4) is 0 Å². The van der Waals surface area contributed by atoms with E-state index in [9.17, 15) is 14.7 Å². The number of rotatable bonds is 2. The average Bonchev–Trinajstić information content (AvgIpc) is 3.07. The largest absolute Gasteiger partial charge is 0.508 e. The molecule has 1 saturated carbocycles. The summed E-state index contributed by atoms with van der Waals surface area (Å²) >= 11 is 0. The van der Waals surface area contributed by atoms with E-state index < -0.39 is 0 Å². The Morgan fingerprint density at radius 1 is 1.04 bits per heavy atom. The second-order valence-electron chi connectivity index (χ2n) is 6.26. The Balaban J connectivity index is 1.51. The van der Waals surface area contributed by atoms with Gasteiger partial charge in [0.05, 0.1) is 0 Å². The molecule has 6 heteroatoms. The summed E-state index contributed by atoms with van der Waals surface area (Å²) in [6, 6.07) is 6.68. The molecule has 2 fully saturated rings. The van der Waals surface area contributed by atoms with Crippen molar-refractivity contribution in [3.8, 4) is 5.75 Å². The van der Waals surface area contributed by atoms with Gasteiger partial charge in [0.25, 0.3) is 5.91 Å². The van der Waals surface area contributed by atoms with E-state index in [1.165, 1.54) is 18.9 Å². The first-order chi connectivity index (χ1) is 11.1. The summed E-state index contributed by atoms with van der Waals surface area (Å²) in [5.74, 6) is -0.0119. The smallest absolute Gasteiger partial charge is 0.317 e. The second kappa shape index (κ2) is 6.89. The maximum absolute atomic E-state index is 12.4. The maximum atomic E-state index is 12.4. The number of amides is 3. The van der Waals surface area contributed by atoms with E-state index in [0.29, 0.717) is 37.8 Å². The molecule has 0 aromatic heterocycles. The Morgan fingerprint density at radius 2 is 1.70 bits per heavy atom. The molecule has 1 saturated heterocycles. The fourth-order valence-corrected chi connectivity index (χ4v) is 3.27. The molecular formula is C17H23N3O3. The highest BCUT2D eigenvalue weighted by Crippen LogP contribution is 2.18.